The largest absolute Gasteiger partial charge is 0.418 e. The van der Waals surface area contributed by atoms with Crippen LogP contribution in [0.25, 0.3) is 22.5 Å². The molecule has 0 fully saturated rings. The molecule has 0 N–H and O–H groups in total. The second kappa shape index (κ2) is 5.80. The molecule has 0 aliphatic heterocycles. The van der Waals surface area contributed by atoms with Gasteiger partial charge in [0.2, 0.25) is 5.16 Å². The van der Waals surface area contributed by atoms with Gasteiger partial charge in [0.15, 0.2) is 5.52 Å². The first-order valence-corrected chi connectivity index (χ1v) is 8.48. The third-order valence-corrected chi connectivity index (χ3v) is 4.27. The molecule has 0 saturated heterocycles. The maximum Gasteiger partial charge on any atom is 0.418 e. The number of hydrogen-bond acceptors (Lipinski definition) is 6. The minimum absolute atomic E-state index is 0.102. The molecule has 4 rings (SSSR count). The Labute approximate surface area is 147 Å². The molecule has 132 valence electrons. The molecule has 0 bridgehead atoms. The van der Waals surface area contributed by atoms with Crippen LogP contribution in [-0.2, 0) is 6.18 Å². The van der Waals surface area contributed by atoms with Gasteiger partial charge in [0.1, 0.15) is 5.52 Å². The zero-order chi connectivity index (χ0) is 18.5. The highest BCUT2D eigenvalue weighted by Crippen LogP contribution is 2.33. The van der Waals surface area contributed by atoms with Gasteiger partial charge in [0.25, 0.3) is 11.3 Å². The summed E-state index contributed by atoms with van der Waals surface area (Å²) in [5, 5.41) is 12.3. The van der Waals surface area contributed by atoms with Crippen LogP contribution in [0.3, 0.4) is 0 Å². The Balaban J connectivity index is 2.01. The summed E-state index contributed by atoms with van der Waals surface area (Å²) in [6.45, 7) is 0. The molecular formula is C15H9F3N6OS. The van der Waals surface area contributed by atoms with Crippen LogP contribution in [-0.4, -0.2) is 35.6 Å². The lowest BCUT2D eigenvalue weighted by molar-refractivity contribution is -0.137. The van der Waals surface area contributed by atoms with Crippen molar-refractivity contribution in [2.75, 3.05) is 6.26 Å². The molecule has 4 aromatic rings. The van der Waals surface area contributed by atoms with E-state index in [0.717, 1.165) is 10.6 Å². The highest BCUT2D eigenvalue weighted by atomic mass is 32.2. The van der Waals surface area contributed by atoms with Gasteiger partial charge in [-0.15, -0.1) is 15.3 Å². The van der Waals surface area contributed by atoms with Crippen molar-refractivity contribution >= 4 is 28.6 Å². The van der Waals surface area contributed by atoms with Gasteiger partial charge in [-0.05, 0) is 24.5 Å². The monoisotopic (exact) mass is 378 g/mol. The van der Waals surface area contributed by atoms with Crippen LogP contribution in [0.1, 0.15) is 5.56 Å². The maximum absolute atomic E-state index is 13.3. The standard InChI is InChI=1S/C15H9F3N6OS/c1-26-14-19-13-21-20-11-10(24(13)22-14)6-7-23(12(11)25)9-5-3-2-4-8(9)15(16,17)18/h2-7H,1H3. The van der Waals surface area contributed by atoms with E-state index in [4.69, 9.17) is 0 Å². The van der Waals surface area contributed by atoms with E-state index in [1.54, 1.807) is 6.26 Å². The minimum atomic E-state index is -4.60. The molecule has 3 heterocycles. The van der Waals surface area contributed by atoms with E-state index in [0.29, 0.717) is 10.7 Å². The van der Waals surface area contributed by atoms with Crippen LogP contribution in [0.4, 0.5) is 13.2 Å². The molecule has 0 saturated carbocycles. The highest BCUT2D eigenvalue weighted by Gasteiger charge is 2.34. The topological polar surface area (TPSA) is 78.0 Å². The second-order valence-electron chi connectivity index (χ2n) is 5.25. The molecule has 0 spiro atoms. The number of nitrogens with zero attached hydrogens (tertiary/aromatic N) is 6. The van der Waals surface area contributed by atoms with Crippen LogP contribution in [0.15, 0.2) is 46.5 Å². The number of alkyl halides is 3. The van der Waals surface area contributed by atoms with Crippen LogP contribution in [0, 0.1) is 0 Å². The fourth-order valence-corrected chi connectivity index (χ4v) is 2.92. The van der Waals surface area contributed by atoms with Crippen LogP contribution in [0.2, 0.25) is 0 Å². The predicted molar refractivity (Wildman–Crippen MR) is 88.5 cm³/mol. The molecule has 0 aliphatic carbocycles. The number of hydrogen-bond donors (Lipinski definition) is 0. The number of rotatable bonds is 2. The van der Waals surface area contributed by atoms with E-state index >= 15 is 0 Å². The number of pyridine rings is 1. The van der Waals surface area contributed by atoms with Crippen molar-refractivity contribution in [3.8, 4) is 5.69 Å². The molecule has 26 heavy (non-hydrogen) atoms. The number of aromatic nitrogens is 6. The summed E-state index contributed by atoms with van der Waals surface area (Å²) >= 11 is 1.29. The van der Waals surface area contributed by atoms with E-state index in [1.807, 2.05) is 0 Å². The zero-order valence-electron chi connectivity index (χ0n) is 13.1. The number of para-hydroxylation sites is 1. The Morgan fingerprint density at radius 1 is 1.12 bits per heavy atom. The summed E-state index contributed by atoms with van der Waals surface area (Å²) in [5.74, 6) is 0.203. The van der Waals surface area contributed by atoms with Crippen molar-refractivity contribution in [2.24, 2.45) is 0 Å². The van der Waals surface area contributed by atoms with Crippen LogP contribution in [0.5, 0.6) is 0 Å². The number of thioether (sulfide) groups is 1. The van der Waals surface area contributed by atoms with Crippen molar-refractivity contribution < 1.29 is 13.2 Å². The summed E-state index contributed by atoms with van der Waals surface area (Å²) in [4.78, 5) is 16.9. The fraction of sp³-hybridized carbons (Fsp3) is 0.133. The molecule has 0 atom stereocenters. The first-order chi connectivity index (χ1) is 12.4. The summed E-state index contributed by atoms with van der Waals surface area (Å²) in [6, 6.07) is 6.30. The average molecular weight is 378 g/mol. The van der Waals surface area contributed by atoms with E-state index in [2.05, 4.69) is 20.3 Å². The van der Waals surface area contributed by atoms with Gasteiger partial charge >= 0.3 is 6.18 Å². The molecule has 3 aromatic heterocycles. The van der Waals surface area contributed by atoms with E-state index in [1.165, 1.54) is 46.7 Å². The van der Waals surface area contributed by atoms with Crippen LogP contribution >= 0.6 is 11.8 Å². The molecule has 0 aliphatic rings. The van der Waals surface area contributed by atoms with Crippen molar-refractivity contribution in [1.82, 2.24) is 29.4 Å². The predicted octanol–water partition coefficient (Wildman–Crippen LogP) is 2.56. The third kappa shape index (κ3) is 2.51. The Morgan fingerprint density at radius 2 is 1.88 bits per heavy atom. The first-order valence-electron chi connectivity index (χ1n) is 7.25. The first kappa shape index (κ1) is 16.5. The summed E-state index contributed by atoms with van der Waals surface area (Å²) < 4.78 is 42.0. The SMILES string of the molecule is CSc1nc2nnc3c(=O)n(-c4ccccc4C(F)(F)F)ccc3n2n1. The van der Waals surface area contributed by atoms with Gasteiger partial charge in [-0.2, -0.15) is 22.7 Å². The van der Waals surface area contributed by atoms with Crippen molar-refractivity contribution in [3.63, 3.8) is 0 Å². The summed E-state index contributed by atoms with van der Waals surface area (Å²) in [6.07, 6.45) is -1.55. The van der Waals surface area contributed by atoms with Crippen LogP contribution < -0.4 is 5.56 Å². The van der Waals surface area contributed by atoms with Gasteiger partial charge in [-0.3, -0.25) is 9.36 Å². The maximum atomic E-state index is 13.3. The number of benzene rings is 1. The molecule has 1 aromatic carbocycles. The van der Waals surface area contributed by atoms with Gasteiger partial charge in [-0.25, -0.2) is 0 Å². The Hall–Kier alpha value is -2.95. The van der Waals surface area contributed by atoms with E-state index < -0.39 is 17.3 Å². The van der Waals surface area contributed by atoms with Crippen molar-refractivity contribution in [2.45, 2.75) is 11.3 Å². The van der Waals surface area contributed by atoms with Crippen molar-refractivity contribution in [1.29, 1.82) is 0 Å². The van der Waals surface area contributed by atoms with Gasteiger partial charge in [0, 0.05) is 6.20 Å². The molecule has 11 heteroatoms. The molecule has 0 radical (unpaired) electrons. The van der Waals surface area contributed by atoms with Gasteiger partial charge < -0.3 is 0 Å². The zero-order valence-corrected chi connectivity index (χ0v) is 13.9. The normalized spacial score (nSPS) is 12.2. The summed E-state index contributed by atoms with van der Waals surface area (Å²) in [7, 11) is 0. The summed E-state index contributed by atoms with van der Waals surface area (Å²) in [5.41, 5.74) is -1.71. The number of fused-ring (bicyclic) bond motifs is 3. The lowest BCUT2D eigenvalue weighted by Crippen LogP contribution is -2.23. The minimum Gasteiger partial charge on any atom is -0.282 e. The smallest absolute Gasteiger partial charge is 0.282 e. The Bertz CT molecular complexity index is 1200. The Kier molecular flexibility index (Phi) is 3.68. The highest BCUT2D eigenvalue weighted by molar-refractivity contribution is 7.98. The molecule has 0 unspecified atom stereocenters. The number of halogens is 3. The Morgan fingerprint density at radius 3 is 2.62 bits per heavy atom. The molecule has 0 amide bonds. The third-order valence-electron chi connectivity index (χ3n) is 3.74. The lowest BCUT2D eigenvalue weighted by atomic mass is 10.1. The fourth-order valence-electron chi connectivity index (χ4n) is 2.59. The molecule has 7 nitrogen and oxygen atoms in total. The van der Waals surface area contributed by atoms with Gasteiger partial charge in [0.05, 0.1) is 11.3 Å². The molecular weight excluding hydrogens is 369 g/mol. The van der Waals surface area contributed by atoms with E-state index in [9.17, 15) is 18.0 Å². The van der Waals surface area contributed by atoms with Crippen molar-refractivity contribution in [3.05, 3.63) is 52.4 Å². The van der Waals surface area contributed by atoms with Gasteiger partial charge in [-0.1, -0.05) is 23.9 Å². The average Bonchev–Trinajstić information content (AvgIpc) is 3.05. The van der Waals surface area contributed by atoms with E-state index in [-0.39, 0.29) is 17.0 Å². The lowest BCUT2D eigenvalue weighted by Gasteiger charge is -2.14. The quantitative estimate of drug-likeness (QED) is 0.499. The second-order valence-corrected chi connectivity index (χ2v) is 6.02.